The third kappa shape index (κ3) is 5.59. The molecule has 0 aliphatic rings. The molecule has 6 nitrogen and oxygen atoms in total. The van der Waals surface area contributed by atoms with Crippen molar-refractivity contribution >= 4 is 38.9 Å². The predicted molar refractivity (Wildman–Crippen MR) is 206 cm³/mol. The monoisotopic (exact) mass is 660 g/mol. The van der Waals surface area contributed by atoms with Crippen LogP contribution in [0.25, 0.3) is 61.5 Å². The van der Waals surface area contributed by atoms with E-state index in [2.05, 4.69) is 141 Å². The molecule has 0 aliphatic carbocycles. The first kappa shape index (κ1) is 30.2. The van der Waals surface area contributed by atoms with Gasteiger partial charge in [0.05, 0.1) is 18.1 Å². The fraction of sp³-hybridized carbons (Fsp3) is 0.0222. The molecule has 0 bridgehead atoms. The van der Waals surface area contributed by atoms with E-state index in [0.29, 0.717) is 11.8 Å². The van der Waals surface area contributed by atoms with E-state index in [9.17, 15) is 0 Å². The first-order chi connectivity index (χ1) is 25.2. The maximum Gasteiger partial charge on any atom is 0.248 e. The van der Waals surface area contributed by atoms with Crippen molar-refractivity contribution in [3.8, 4) is 45.5 Å². The Morgan fingerprint density at radius 1 is 0.471 bits per heavy atom. The van der Waals surface area contributed by atoms with E-state index in [1.807, 2.05) is 54.6 Å². The third-order valence-electron chi connectivity index (χ3n) is 9.30. The Kier molecular flexibility index (Phi) is 7.59. The van der Waals surface area contributed by atoms with Crippen LogP contribution in [-0.2, 0) is 0 Å². The summed E-state index contributed by atoms with van der Waals surface area (Å²) < 4.78 is 13.8. The molecule has 0 saturated carbocycles. The van der Waals surface area contributed by atoms with Crippen LogP contribution in [0.15, 0.2) is 180 Å². The quantitative estimate of drug-likeness (QED) is 0.162. The summed E-state index contributed by atoms with van der Waals surface area (Å²) in [5, 5.41) is 11.2. The Balaban J connectivity index is 1.04. The maximum atomic E-state index is 6.17. The Morgan fingerprint density at radius 2 is 0.980 bits per heavy atom. The largest absolute Gasteiger partial charge is 0.497 e. The second-order valence-corrected chi connectivity index (χ2v) is 12.3. The Labute approximate surface area is 295 Å². The van der Waals surface area contributed by atoms with E-state index in [4.69, 9.17) is 9.15 Å². The highest BCUT2D eigenvalue weighted by Gasteiger charge is 2.18. The van der Waals surface area contributed by atoms with Gasteiger partial charge in [-0.05, 0) is 108 Å². The summed E-state index contributed by atoms with van der Waals surface area (Å²) in [6.45, 7) is 0. The molecule has 0 N–H and O–H groups in total. The van der Waals surface area contributed by atoms with E-state index in [-0.39, 0.29) is 0 Å². The summed E-state index contributed by atoms with van der Waals surface area (Å²) in [5.41, 5.74) is 10.5. The molecule has 9 rings (SSSR count). The summed E-state index contributed by atoms with van der Waals surface area (Å²) in [5.74, 6) is 1.78. The summed E-state index contributed by atoms with van der Waals surface area (Å²) in [6, 6.07) is 60.7. The number of fused-ring (bicyclic) bond motifs is 3. The number of rotatable bonds is 8. The first-order valence-corrected chi connectivity index (χ1v) is 16.9. The van der Waals surface area contributed by atoms with Gasteiger partial charge in [0.25, 0.3) is 0 Å². The number of methoxy groups -OCH3 is 1. The minimum absolute atomic E-state index is 0.470. The van der Waals surface area contributed by atoms with Gasteiger partial charge in [0.1, 0.15) is 5.75 Å². The van der Waals surface area contributed by atoms with Gasteiger partial charge in [0, 0.05) is 44.6 Å². The van der Waals surface area contributed by atoms with Crippen LogP contribution in [0.5, 0.6) is 5.75 Å². The lowest BCUT2D eigenvalue weighted by atomic mass is 10.0. The van der Waals surface area contributed by atoms with E-state index in [1.54, 1.807) is 7.11 Å². The van der Waals surface area contributed by atoms with Gasteiger partial charge in [-0.25, -0.2) is 0 Å². The van der Waals surface area contributed by atoms with Gasteiger partial charge in [-0.1, -0.05) is 78.9 Å². The van der Waals surface area contributed by atoms with Gasteiger partial charge in [0.15, 0.2) is 0 Å². The average Bonchev–Trinajstić information content (AvgIpc) is 3.83. The lowest BCUT2D eigenvalue weighted by Crippen LogP contribution is -2.09. The van der Waals surface area contributed by atoms with Crippen molar-refractivity contribution in [2.24, 2.45) is 0 Å². The van der Waals surface area contributed by atoms with E-state index in [1.165, 1.54) is 16.3 Å². The number of ether oxygens (including phenoxy) is 1. The van der Waals surface area contributed by atoms with Crippen molar-refractivity contribution in [3.63, 3.8) is 0 Å². The lowest BCUT2D eigenvalue weighted by Gasteiger charge is -2.25. The van der Waals surface area contributed by atoms with Gasteiger partial charge in [-0.2, -0.15) is 0 Å². The zero-order chi connectivity index (χ0) is 34.1. The van der Waals surface area contributed by atoms with Crippen LogP contribution in [0, 0.1) is 0 Å². The molecule has 0 unspecified atom stereocenters. The van der Waals surface area contributed by atoms with Crippen molar-refractivity contribution in [2.75, 3.05) is 12.0 Å². The number of hydrogen-bond donors (Lipinski definition) is 0. The molecule has 2 heterocycles. The van der Waals surface area contributed by atoms with Crippen LogP contribution in [0.1, 0.15) is 0 Å². The van der Waals surface area contributed by atoms with E-state index >= 15 is 0 Å². The molecule has 9 aromatic rings. The smallest absolute Gasteiger partial charge is 0.248 e. The second kappa shape index (κ2) is 12.8. The second-order valence-electron chi connectivity index (χ2n) is 12.3. The molecule has 0 atom stereocenters. The molecule has 6 heteroatoms. The lowest BCUT2D eigenvalue weighted by molar-refractivity contribution is 0.415. The minimum Gasteiger partial charge on any atom is -0.497 e. The number of anilines is 3. The SMILES string of the molecule is COc1ccc(-c2ccc(-c3nnc(-c4ccc(N(c5ccccc5)c5ccc6c(c5)c5ccccc5n6-c5ccccc5)cc4)o3)cc2)cc1. The molecule has 0 saturated heterocycles. The van der Waals surface area contributed by atoms with Crippen molar-refractivity contribution in [3.05, 3.63) is 176 Å². The zero-order valence-electron chi connectivity index (χ0n) is 27.8. The molecular formula is C45H32N4O2. The minimum atomic E-state index is 0.470. The fourth-order valence-electron chi connectivity index (χ4n) is 6.78. The van der Waals surface area contributed by atoms with Crippen LogP contribution >= 0.6 is 0 Å². The van der Waals surface area contributed by atoms with Crippen LogP contribution in [-0.4, -0.2) is 21.9 Å². The van der Waals surface area contributed by atoms with E-state index < -0.39 is 0 Å². The molecular weight excluding hydrogens is 629 g/mol. The molecule has 51 heavy (non-hydrogen) atoms. The van der Waals surface area contributed by atoms with Gasteiger partial charge >= 0.3 is 0 Å². The Hall–Kier alpha value is -6.92. The zero-order valence-corrected chi connectivity index (χ0v) is 27.8. The number of nitrogens with zero attached hydrogens (tertiary/aromatic N) is 4. The number of hydrogen-bond acceptors (Lipinski definition) is 5. The van der Waals surface area contributed by atoms with Crippen LogP contribution in [0.3, 0.4) is 0 Å². The van der Waals surface area contributed by atoms with Crippen LogP contribution < -0.4 is 9.64 Å². The highest BCUT2D eigenvalue weighted by molar-refractivity contribution is 6.10. The van der Waals surface area contributed by atoms with Crippen molar-refractivity contribution in [1.29, 1.82) is 0 Å². The summed E-state index contributed by atoms with van der Waals surface area (Å²) in [6.07, 6.45) is 0. The van der Waals surface area contributed by atoms with Crippen LogP contribution in [0.2, 0.25) is 0 Å². The summed E-state index contributed by atoms with van der Waals surface area (Å²) in [4.78, 5) is 2.28. The number of para-hydroxylation sites is 3. The molecule has 0 amide bonds. The molecule has 0 fully saturated rings. The summed E-state index contributed by atoms with van der Waals surface area (Å²) in [7, 11) is 1.67. The molecule has 244 valence electrons. The Bertz CT molecular complexity index is 2590. The maximum absolute atomic E-state index is 6.17. The van der Waals surface area contributed by atoms with Crippen molar-refractivity contribution in [2.45, 2.75) is 0 Å². The fourth-order valence-corrected chi connectivity index (χ4v) is 6.78. The van der Waals surface area contributed by atoms with E-state index in [0.717, 1.165) is 56.3 Å². The average molecular weight is 661 g/mol. The normalized spacial score (nSPS) is 11.2. The Morgan fingerprint density at radius 3 is 1.65 bits per heavy atom. The molecule has 0 radical (unpaired) electrons. The number of benzene rings is 7. The molecule has 0 spiro atoms. The highest BCUT2D eigenvalue weighted by Crippen LogP contribution is 2.40. The molecule has 2 aromatic heterocycles. The molecule has 0 aliphatic heterocycles. The van der Waals surface area contributed by atoms with Crippen LogP contribution in [0.4, 0.5) is 17.1 Å². The van der Waals surface area contributed by atoms with Gasteiger partial charge in [-0.15, -0.1) is 10.2 Å². The first-order valence-electron chi connectivity index (χ1n) is 16.9. The van der Waals surface area contributed by atoms with Crippen molar-refractivity contribution < 1.29 is 9.15 Å². The highest BCUT2D eigenvalue weighted by atomic mass is 16.5. The van der Waals surface area contributed by atoms with Gasteiger partial charge in [-0.3, -0.25) is 0 Å². The number of aromatic nitrogens is 3. The standard InChI is InChI=1S/C45H32N4O2/c1-50-39-27-22-32(23-28-39)31-16-18-33(19-17-31)44-46-47-45(51-44)34-20-24-37(25-21-34)48(35-10-4-2-5-11-35)38-26-29-43-41(30-38)40-14-8-9-15-42(40)49(43)36-12-6-3-7-13-36/h2-30H,1H3. The molecule has 7 aromatic carbocycles. The predicted octanol–water partition coefficient (Wildman–Crippen LogP) is 11.6. The van der Waals surface area contributed by atoms with Gasteiger partial charge in [0.2, 0.25) is 11.8 Å². The van der Waals surface area contributed by atoms with Gasteiger partial charge < -0.3 is 18.6 Å². The third-order valence-corrected chi connectivity index (χ3v) is 9.30. The topological polar surface area (TPSA) is 56.3 Å². The van der Waals surface area contributed by atoms with Crippen molar-refractivity contribution in [1.82, 2.24) is 14.8 Å². The summed E-state index contributed by atoms with van der Waals surface area (Å²) >= 11 is 0.